The van der Waals surface area contributed by atoms with Gasteiger partial charge in [0.1, 0.15) is 11.6 Å². The highest BCUT2D eigenvalue weighted by molar-refractivity contribution is 5.94. The van der Waals surface area contributed by atoms with Crippen molar-refractivity contribution in [3.8, 4) is 0 Å². The van der Waals surface area contributed by atoms with Gasteiger partial charge in [-0.3, -0.25) is 4.79 Å². The lowest BCUT2D eigenvalue weighted by atomic mass is 10.1. The van der Waals surface area contributed by atoms with Gasteiger partial charge in [-0.15, -0.1) is 0 Å². The van der Waals surface area contributed by atoms with Crippen molar-refractivity contribution in [3.63, 3.8) is 0 Å². The lowest BCUT2D eigenvalue weighted by molar-refractivity contribution is 0.0941. The van der Waals surface area contributed by atoms with Crippen molar-refractivity contribution < 1.29 is 18.7 Å². The van der Waals surface area contributed by atoms with E-state index in [-0.39, 0.29) is 23.7 Å². The molecule has 0 saturated carbocycles. The maximum Gasteiger partial charge on any atom is 0.254 e. The van der Waals surface area contributed by atoms with Gasteiger partial charge in [-0.25, -0.2) is 8.78 Å². The Hall–Kier alpha value is -1.49. The number of halogens is 2. The average molecular weight is 257 g/mol. The van der Waals surface area contributed by atoms with Crippen LogP contribution >= 0.6 is 0 Å². The number of carbonyl (C=O) groups is 1. The molecule has 0 spiro atoms. The molecule has 0 saturated heterocycles. The van der Waals surface area contributed by atoms with Crippen molar-refractivity contribution in [1.82, 2.24) is 5.32 Å². The number of hydrogen-bond donors (Lipinski definition) is 2. The largest absolute Gasteiger partial charge is 0.396 e. The first-order valence-electron chi connectivity index (χ1n) is 5.80. The van der Waals surface area contributed by atoms with Crippen LogP contribution in [0.4, 0.5) is 8.78 Å². The molecular weight excluding hydrogens is 240 g/mol. The summed E-state index contributed by atoms with van der Waals surface area (Å²) in [7, 11) is 0. The minimum atomic E-state index is -0.735. The molecular formula is C13H17F2NO2. The number of benzene rings is 1. The first kappa shape index (κ1) is 14.6. The van der Waals surface area contributed by atoms with Gasteiger partial charge >= 0.3 is 0 Å². The van der Waals surface area contributed by atoms with Gasteiger partial charge in [0.2, 0.25) is 0 Å². The van der Waals surface area contributed by atoms with Crippen LogP contribution in [-0.2, 0) is 0 Å². The van der Waals surface area contributed by atoms with Crippen molar-refractivity contribution in [2.45, 2.75) is 20.3 Å². The molecule has 100 valence electrons. The molecule has 0 aromatic heterocycles. The Bertz CT molecular complexity index is 435. The van der Waals surface area contributed by atoms with E-state index in [1.165, 1.54) is 6.92 Å². The molecule has 1 amide bonds. The van der Waals surface area contributed by atoms with E-state index < -0.39 is 17.5 Å². The second-order valence-electron chi connectivity index (χ2n) is 4.41. The second-order valence-corrected chi connectivity index (χ2v) is 4.41. The monoisotopic (exact) mass is 257 g/mol. The summed E-state index contributed by atoms with van der Waals surface area (Å²) in [6.07, 6.45) is 0.547. The summed E-state index contributed by atoms with van der Waals surface area (Å²) in [6.45, 7) is 3.63. The van der Waals surface area contributed by atoms with Crippen molar-refractivity contribution >= 4 is 5.91 Å². The Labute approximate surface area is 105 Å². The van der Waals surface area contributed by atoms with Gasteiger partial charge in [0, 0.05) is 13.2 Å². The van der Waals surface area contributed by atoms with Gasteiger partial charge in [-0.1, -0.05) is 6.92 Å². The number of nitrogens with one attached hydrogen (secondary N) is 1. The second kappa shape index (κ2) is 6.44. The molecule has 1 aromatic rings. The number of rotatable bonds is 5. The average Bonchev–Trinajstić information content (AvgIpc) is 2.31. The molecule has 0 bridgehead atoms. The molecule has 2 N–H and O–H groups in total. The van der Waals surface area contributed by atoms with Gasteiger partial charge in [0.25, 0.3) is 5.91 Å². The standard InChI is InChI=1S/C13H17F2NO2/c1-8(3-4-17)7-16-13(18)10-6-11(14)9(2)5-12(10)15/h5-6,8,17H,3-4,7H2,1-2H3,(H,16,18). The van der Waals surface area contributed by atoms with Gasteiger partial charge in [0.15, 0.2) is 0 Å². The minimum absolute atomic E-state index is 0.0323. The van der Waals surface area contributed by atoms with E-state index in [1.807, 2.05) is 6.92 Å². The molecule has 0 aliphatic carbocycles. The summed E-state index contributed by atoms with van der Waals surface area (Å²) >= 11 is 0. The zero-order valence-corrected chi connectivity index (χ0v) is 10.5. The first-order chi connectivity index (χ1) is 8.45. The van der Waals surface area contributed by atoms with Crippen LogP contribution in [0.25, 0.3) is 0 Å². The molecule has 3 nitrogen and oxygen atoms in total. The zero-order valence-electron chi connectivity index (χ0n) is 10.5. The Morgan fingerprint density at radius 2 is 2.06 bits per heavy atom. The molecule has 1 aromatic carbocycles. The molecule has 0 aliphatic rings. The highest BCUT2D eigenvalue weighted by Crippen LogP contribution is 2.14. The summed E-state index contributed by atoms with van der Waals surface area (Å²) < 4.78 is 26.7. The summed E-state index contributed by atoms with van der Waals surface area (Å²) in [6, 6.07) is 1.90. The molecule has 18 heavy (non-hydrogen) atoms. The maximum absolute atomic E-state index is 13.5. The highest BCUT2D eigenvalue weighted by Gasteiger charge is 2.15. The number of hydrogen-bond acceptors (Lipinski definition) is 2. The van der Waals surface area contributed by atoms with Crippen LogP contribution in [0.5, 0.6) is 0 Å². The van der Waals surface area contributed by atoms with E-state index in [2.05, 4.69) is 5.32 Å². The van der Waals surface area contributed by atoms with Gasteiger partial charge in [-0.05, 0) is 37.0 Å². The SMILES string of the molecule is Cc1cc(F)c(C(=O)NCC(C)CCO)cc1F. The van der Waals surface area contributed by atoms with Crippen LogP contribution in [0.15, 0.2) is 12.1 Å². The lowest BCUT2D eigenvalue weighted by Crippen LogP contribution is -2.29. The van der Waals surface area contributed by atoms with E-state index in [1.54, 1.807) is 0 Å². The Morgan fingerprint density at radius 1 is 1.39 bits per heavy atom. The van der Waals surface area contributed by atoms with Crippen LogP contribution in [-0.4, -0.2) is 24.2 Å². The van der Waals surface area contributed by atoms with E-state index in [0.29, 0.717) is 13.0 Å². The van der Waals surface area contributed by atoms with E-state index in [0.717, 1.165) is 12.1 Å². The van der Waals surface area contributed by atoms with Crippen LogP contribution in [0, 0.1) is 24.5 Å². The quantitative estimate of drug-likeness (QED) is 0.848. The fraction of sp³-hybridized carbons (Fsp3) is 0.462. The van der Waals surface area contributed by atoms with Crippen molar-refractivity contribution in [1.29, 1.82) is 0 Å². The van der Waals surface area contributed by atoms with Gasteiger partial charge < -0.3 is 10.4 Å². The Kier molecular flexibility index (Phi) is 5.22. The summed E-state index contributed by atoms with van der Waals surface area (Å²) in [5, 5.41) is 11.2. The number of aliphatic hydroxyl groups excluding tert-OH is 1. The number of aliphatic hydroxyl groups is 1. The minimum Gasteiger partial charge on any atom is -0.396 e. The van der Waals surface area contributed by atoms with E-state index in [4.69, 9.17) is 5.11 Å². The molecule has 1 atom stereocenters. The third kappa shape index (κ3) is 3.77. The number of amides is 1. The van der Waals surface area contributed by atoms with Crippen LogP contribution in [0.1, 0.15) is 29.3 Å². The van der Waals surface area contributed by atoms with Gasteiger partial charge in [-0.2, -0.15) is 0 Å². The molecule has 1 rings (SSSR count). The number of carbonyl (C=O) groups excluding carboxylic acids is 1. The summed E-state index contributed by atoms with van der Waals surface area (Å²) in [4.78, 5) is 11.7. The third-order valence-electron chi connectivity index (χ3n) is 2.73. The fourth-order valence-corrected chi connectivity index (χ4v) is 1.50. The van der Waals surface area contributed by atoms with Crippen LogP contribution in [0.3, 0.4) is 0 Å². The third-order valence-corrected chi connectivity index (χ3v) is 2.73. The molecule has 0 heterocycles. The normalized spacial score (nSPS) is 12.3. The van der Waals surface area contributed by atoms with Crippen LogP contribution < -0.4 is 5.32 Å². The molecule has 0 radical (unpaired) electrons. The Morgan fingerprint density at radius 3 is 2.67 bits per heavy atom. The Balaban J connectivity index is 2.70. The van der Waals surface area contributed by atoms with Gasteiger partial charge in [0.05, 0.1) is 5.56 Å². The van der Waals surface area contributed by atoms with Crippen LogP contribution in [0.2, 0.25) is 0 Å². The smallest absolute Gasteiger partial charge is 0.254 e. The molecule has 1 unspecified atom stereocenters. The summed E-state index contributed by atoms with van der Waals surface area (Å²) in [5.74, 6) is -1.90. The molecule has 0 aliphatic heterocycles. The predicted octanol–water partition coefficient (Wildman–Crippen LogP) is 2.02. The molecule has 0 fully saturated rings. The highest BCUT2D eigenvalue weighted by atomic mass is 19.1. The molecule has 5 heteroatoms. The van der Waals surface area contributed by atoms with E-state index in [9.17, 15) is 13.6 Å². The topological polar surface area (TPSA) is 49.3 Å². The maximum atomic E-state index is 13.5. The van der Waals surface area contributed by atoms with Crippen molar-refractivity contribution in [2.24, 2.45) is 5.92 Å². The predicted molar refractivity (Wildman–Crippen MR) is 64.3 cm³/mol. The lowest BCUT2D eigenvalue weighted by Gasteiger charge is -2.12. The first-order valence-corrected chi connectivity index (χ1v) is 5.80. The van der Waals surface area contributed by atoms with Crippen molar-refractivity contribution in [2.75, 3.05) is 13.2 Å². The van der Waals surface area contributed by atoms with E-state index >= 15 is 0 Å². The summed E-state index contributed by atoms with van der Waals surface area (Å²) in [5.41, 5.74) is -0.132. The zero-order chi connectivity index (χ0) is 13.7. The van der Waals surface area contributed by atoms with Crippen molar-refractivity contribution in [3.05, 3.63) is 34.9 Å². The fourth-order valence-electron chi connectivity index (χ4n) is 1.50. The number of aryl methyl sites for hydroxylation is 1.